The zero-order valence-corrected chi connectivity index (χ0v) is 10.9. The predicted octanol–water partition coefficient (Wildman–Crippen LogP) is 3.61. The maximum Gasteiger partial charge on any atom is 0.148 e. The molecule has 2 N–H and O–H groups in total. The Labute approximate surface area is 103 Å². The molecule has 1 unspecified atom stereocenters. The van der Waals surface area contributed by atoms with E-state index < -0.39 is 0 Å². The van der Waals surface area contributed by atoms with Crippen molar-refractivity contribution in [3.05, 3.63) is 28.4 Å². The third kappa shape index (κ3) is 1.95. The first kappa shape index (κ1) is 11.5. The maximum atomic E-state index is 5.94. The van der Waals surface area contributed by atoms with Gasteiger partial charge < -0.3 is 14.9 Å². The molecule has 0 amide bonds. The lowest BCUT2D eigenvalue weighted by molar-refractivity contribution is 0.415. The van der Waals surface area contributed by atoms with Crippen LogP contribution in [0.2, 0.25) is 0 Å². The number of benzene rings is 1. The monoisotopic (exact) mass is 283 g/mol. The third-order valence-corrected chi connectivity index (χ3v) is 3.19. The van der Waals surface area contributed by atoms with E-state index in [1.165, 1.54) is 0 Å². The largest absolute Gasteiger partial charge is 0.497 e. The van der Waals surface area contributed by atoms with Crippen LogP contribution in [0.4, 0.5) is 0 Å². The van der Waals surface area contributed by atoms with Crippen molar-refractivity contribution in [2.45, 2.75) is 19.4 Å². The average Bonchev–Trinajstić information content (AvgIpc) is 2.72. The lowest BCUT2D eigenvalue weighted by Crippen LogP contribution is -2.06. The van der Waals surface area contributed by atoms with Gasteiger partial charge in [0.1, 0.15) is 17.1 Å². The Morgan fingerprint density at radius 1 is 1.44 bits per heavy atom. The van der Waals surface area contributed by atoms with E-state index in [0.29, 0.717) is 0 Å². The SMILES string of the molecule is CCC(N)c1cc2cc(OC)cc(Br)c2o1. The number of fused-ring (bicyclic) bond motifs is 1. The van der Waals surface area contributed by atoms with Crippen LogP contribution in [0.1, 0.15) is 25.1 Å². The van der Waals surface area contributed by atoms with Crippen LogP contribution in [0.25, 0.3) is 11.0 Å². The van der Waals surface area contributed by atoms with Crippen molar-refractivity contribution in [1.29, 1.82) is 0 Å². The number of hydrogen-bond acceptors (Lipinski definition) is 3. The van der Waals surface area contributed by atoms with Gasteiger partial charge in [0, 0.05) is 5.39 Å². The number of methoxy groups -OCH3 is 1. The molecular formula is C12H14BrNO2. The molecule has 86 valence electrons. The molecule has 0 radical (unpaired) electrons. The first-order valence-electron chi connectivity index (χ1n) is 5.18. The van der Waals surface area contributed by atoms with E-state index in [-0.39, 0.29) is 6.04 Å². The average molecular weight is 284 g/mol. The van der Waals surface area contributed by atoms with E-state index in [4.69, 9.17) is 14.9 Å². The fourth-order valence-corrected chi connectivity index (χ4v) is 2.14. The van der Waals surface area contributed by atoms with Gasteiger partial charge in [0.25, 0.3) is 0 Å². The van der Waals surface area contributed by atoms with Gasteiger partial charge >= 0.3 is 0 Å². The predicted molar refractivity (Wildman–Crippen MR) is 67.7 cm³/mol. The van der Waals surface area contributed by atoms with Crippen LogP contribution in [0, 0.1) is 0 Å². The number of rotatable bonds is 3. The smallest absolute Gasteiger partial charge is 0.148 e. The fraction of sp³-hybridized carbons (Fsp3) is 0.333. The standard InChI is InChI=1S/C12H14BrNO2/c1-3-10(14)11-5-7-4-8(15-2)6-9(13)12(7)16-11/h4-6,10H,3,14H2,1-2H3. The number of halogens is 1. The number of furan rings is 1. The van der Waals surface area contributed by atoms with Crippen LogP contribution in [-0.2, 0) is 0 Å². The molecule has 0 aliphatic carbocycles. The second kappa shape index (κ2) is 4.47. The summed E-state index contributed by atoms with van der Waals surface area (Å²) in [6.07, 6.45) is 0.856. The molecule has 1 aromatic carbocycles. The second-order valence-corrected chi connectivity index (χ2v) is 4.55. The van der Waals surface area contributed by atoms with E-state index in [9.17, 15) is 0 Å². The molecule has 4 heteroatoms. The van der Waals surface area contributed by atoms with Crippen molar-refractivity contribution in [3.8, 4) is 5.75 Å². The highest BCUT2D eigenvalue weighted by Crippen LogP contribution is 2.33. The lowest BCUT2D eigenvalue weighted by atomic mass is 10.1. The summed E-state index contributed by atoms with van der Waals surface area (Å²) in [4.78, 5) is 0. The van der Waals surface area contributed by atoms with Crippen molar-refractivity contribution in [2.24, 2.45) is 5.73 Å². The Morgan fingerprint density at radius 2 is 2.19 bits per heavy atom. The Balaban J connectivity index is 2.56. The molecule has 0 spiro atoms. The molecule has 0 bridgehead atoms. The van der Waals surface area contributed by atoms with E-state index in [2.05, 4.69) is 15.9 Å². The van der Waals surface area contributed by atoms with Crippen LogP contribution < -0.4 is 10.5 Å². The molecule has 16 heavy (non-hydrogen) atoms. The Bertz CT molecular complexity index is 507. The highest BCUT2D eigenvalue weighted by Gasteiger charge is 2.13. The number of hydrogen-bond donors (Lipinski definition) is 1. The van der Waals surface area contributed by atoms with Gasteiger partial charge in [0.15, 0.2) is 0 Å². The first-order valence-corrected chi connectivity index (χ1v) is 5.97. The Morgan fingerprint density at radius 3 is 2.81 bits per heavy atom. The van der Waals surface area contributed by atoms with Gasteiger partial charge in [-0.25, -0.2) is 0 Å². The highest BCUT2D eigenvalue weighted by atomic mass is 79.9. The molecule has 0 aliphatic rings. The molecule has 2 rings (SSSR count). The second-order valence-electron chi connectivity index (χ2n) is 3.69. The first-order chi connectivity index (χ1) is 7.65. The maximum absolute atomic E-state index is 5.94. The molecule has 0 saturated carbocycles. The van der Waals surface area contributed by atoms with Crippen LogP contribution in [0.3, 0.4) is 0 Å². The molecule has 0 aliphatic heterocycles. The molecular weight excluding hydrogens is 270 g/mol. The molecule has 1 heterocycles. The quantitative estimate of drug-likeness (QED) is 0.936. The topological polar surface area (TPSA) is 48.4 Å². The highest BCUT2D eigenvalue weighted by molar-refractivity contribution is 9.10. The van der Waals surface area contributed by atoms with Crippen LogP contribution in [0.15, 0.2) is 27.1 Å². The summed E-state index contributed by atoms with van der Waals surface area (Å²) in [6, 6.07) is 5.74. The van der Waals surface area contributed by atoms with Crippen LogP contribution >= 0.6 is 15.9 Å². The normalized spacial score (nSPS) is 13.0. The van der Waals surface area contributed by atoms with Crippen LogP contribution in [0.5, 0.6) is 5.75 Å². The minimum absolute atomic E-state index is 0.0507. The Hall–Kier alpha value is -1.00. The molecule has 1 atom stereocenters. The number of ether oxygens (including phenoxy) is 1. The summed E-state index contributed by atoms with van der Waals surface area (Å²) < 4.78 is 11.8. The molecule has 3 nitrogen and oxygen atoms in total. The third-order valence-electron chi connectivity index (χ3n) is 2.60. The van der Waals surface area contributed by atoms with E-state index in [0.717, 1.165) is 33.4 Å². The molecule has 1 aromatic heterocycles. The van der Waals surface area contributed by atoms with Gasteiger partial charge in [-0.15, -0.1) is 0 Å². The minimum Gasteiger partial charge on any atom is -0.497 e. The minimum atomic E-state index is -0.0507. The van der Waals surface area contributed by atoms with Gasteiger partial charge in [-0.3, -0.25) is 0 Å². The fourth-order valence-electron chi connectivity index (χ4n) is 1.61. The zero-order chi connectivity index (χ0) is 11.7. The van der Waals surface area contributed by atoms with Crippen molar-refractivity contribution in [2.75, 3.05) is 7.11 Å². The van der Waals surface area contributed by atoms with Gasteiger partial charge in [0.2, 0.25) is 0 Å². The summed E-state index contributed by atoms with van der Waals surface area (Å²) in [5.74, 6) is 1.61. The van der Waals surface area contributed by atoms with E-state index in [1.54, 1.807) is 7.11 Å². The Kier molecular flexibility index (Phi) is 3.21. The van der Waals surface area contributed by atoms with Crippen molar-refractivity contribution in [3.63, 3.8) is 0 Å². The summed E-state index contributed by atoms with van der Waals surface area (Å²) in [7, 11) is 1.65. The van der Waals surface area contributed by atoms with Crippen molar-refractivity contribution >= 4 is 26.9 Å². The zero-order valence-electron chi connectivity index (χ0n) is 9.29. The van der Waals surface area contributed by atoms with E-state index in [1.807, 2.05) is 25.1 Å². The van der Waals surface area contributed by atoms with Gasteiger partial charge in [0.05, 0.1) is 17.6 Å². The molecule has 2 aromatic rings. The van der Waals surface area contributed by atoms with Crippen LogP contribution in [-0.4, -0.2) is 7.11 Å². The van der Waals surface area contributed by atoms with E-state index >= 15 is 0 Å². The van der Waals surface area contributed by atoms with Gasteiger partial charge in [-0.2, -0.15) is 0 Å². The van der Waals surface area contributed by atoms with Gasteiger partial charge in [-0.1, -0.05) is 6.92 Å². The van der Waals surface area contributed by atoms with Crippen molar-refractivity contribution in [1.82, 2.24) is 0 Å². The molecule has 0 saturated heterocycles. The lowest BCUT2D eigenvalue weighted by Gasteiger charge is -2.02. The number of nitrogens with two attached hydrogens (primary N) is 1. The summed E-state index contributed by atoms with van der Waals surface area (Å²) in [5, 5.41) is 1.00. The summed E-state index contributed by atoms with van der Waals surface area (Å²) in [6.45, 7) is 2.04. The van der Waals surface area contributed by atoms with Crippen molar-refractivity contribution < 1.29 is 9.15 Å². The summed E-state index contributed by atoms with van der Waals surface area (Å²) in [5.41, 5.74) is 6.76. The molecule has 0 fully saturated rings. The van der Waals surface area contributed by atoms with Gasteiger partial charge in [-0.05, 0) is 40.5 Å². The summed E-state index contributed by atoms with van der Waals surface area (Å²) >= 11 is 3.46.